The highest BCUT2D eigenvalue weighted by atomic mass is 32.2. The van der Waals surface area contributed by atoms with Gasteiger partial charge in [-0.15, -0.1) is 10.2 Å². The Morgan fingerprint density at radius 1 is 1.22 bits per heavy atom. The zero-order chi connectivity index (χ0) is 16.2. The number of benzene rings is 1. The van der Waals surface area contributed by atoms with Gasteiger partial charge in [0.05, 0.1) is 10.9 Å². The van der Waals surface area contributed by atoms with Crippen LogP contribution in [0.25, 0.3) is 16.7 Å². The van der Waals surface area contributed by atoms with Crippen LogP contribution >= 0.6 is 11.8 Å². The summed E-state index contributed by atoms with van der Waals surface area (Å²) in [4.78, 5) is 12.8. The molecule has 0 aliphatic carbocycles. The monoisotopic (exact) mass is 332 g/mol. The normalized spacial score (nSPS) is 11.6. The predicted octanol–water partition coefficient (Wildman–Crippen LogP) is 2.32. The Hall–Kier alpha value is -1.86. The minimum atomic E-state index is -0.0131. The van der Waals surface area contributed by atoms with E-state index in [0.717, 1.165) is 29.3 Å². The van der Waals surface area contributed by atoms with Gasteiger partial charge in [-0.3, -0.25) is 13.8 Å². The number of fused-ring (bicyclic) bond motifs is 3. The lowest BCUT2D eigenvalue weighted by atomic mass is 10.2. The van der Waals surface area contributed by atoms with Crippen molar-refractivity contribution in [2.24, 2.45) is 0 Å². The molecule has 6 nitrogen and oxygen atoms in total. The second kappa shape index (κ2) is 7.14. The number of aryl methyl sites for hydroxylation is 1. The maximum Gasteiger partial charge on any atom is 0.262 e. The van der Waals surface area contributed by atoms with Crippen molar-refractivity contribution in [2.75, 3.05) is 12.4 Å². The Morgan fingerprint density at radius 3 is 2.83 bits per heavy atom. The van der Waals surface area contributed by atoms with Gasteiger partial charge in [-0.1, -0.05) is 37.2 Å². The summed E-state index contributed by atoms with van der Waals surface area (Å²) in [6, 6.07) is 7.57. The van der Waals surface area contributed by atoms with E-state index in [0.29, 0.717) is 24.1 Å². The molecule has 2 heterocycles. The molecule has 2 aromatic heterocycles. The Labute approximate surface area is 138 Å². The van der Waals surface area contributed by atoms with Crippen LogP contribution in [0, 0.1) is 0 Å². The zero-order valence-electron chi connectivity index (χ0n) is 13.1. The predicted molar refractivity (Wildman–Crippen MR) is 92.1 cm³/mol. The summed E-state index contributed by atoms with van der Waals surface area (Å²) in [5.41, 5.74) is 0.817. The summed E-state index contributed by atoms with van der Waals surface area (Å²) in [5.74, 6) is 1.35. The third-order valence-electron chi connectivity index (χ3n) is 3.75. The van der Waals surface area contributed by atoms with Crippen LogP contribution in [0.4, 0.5) is 0 Å². The van der Waals surface area contributed by atoms with E-state index in [1.165, 1.54) is 0 Å². The Morgan fingerprint density at radius 2 is 2.04 bits per heavy atom. The van der Waals surface area contributed by atoms with E-state index in [4.69, 9.17) is 5.11 Å². The first kappa shape index (κ1) is 16.0. The summed E-state index contributed by atoms with van der Waals surface area (Å²) in [5, 5.41) is 18.9. The molecule has 122 valence electrons. The number of thioether (sulfide) groups is 1. The lowest BCUT2D eigenvalue weighted by Gasteiger charge is -2.10. The van der Waals surface area contributed by atoms with Crippen LogP contribution in [0.1, 0.15) is 26.2 Å². The molecule has 0 radical (unpaired) electrons. The third kappa shape index (κ3) is 2.98. The van der Waals surface area contributed by atoms with Crippen molar-refractivity contribution in [2.45, 2.75) is 37.9 Å². The molecule has 0 aliphatic rings. The Balaban J connectivity index is 2.21. The van der Waals surface area contributed by atoms with Gasteiger partial charge in [-0.25, -0.2) is 0 Å². The first-order valence-electron chi connectivity index (χ1n) is 7.88. The molecular weight excluding hydrogens is 312 g/mol. The standard InChI is InChI=1S/C16H20N4O2S/c1-2-3-9-19-14(22)12-7-4-5-8-13(12)20-15(19)17-18-16(20)23-11-6-10-21/h4-5,7-8,21H,2-3,6,9-11H2,1H3. The molecule has 0 spiro atoms. The number of nitrogens with zero attached hydrogens (tertiary/aromatic N) is 4. The van der Waals surface area contributed by atoms with E-state index in [9.17, 15) is 4.79 Å². The first-order valence-corrected chi connectivity index (χ1v) is 8.86. The summed E-state index contributed by atoms with van der Waals surface area (Å²) in [6.07, 6.45) is 2.64. The van der Waals surface area contributed by atoms with Gasteiger partial charge in [0.1, 0.15) is 0 Å². The number of aliphatic hydroxyl groups is 1. The van der Waals surface area contributed by atoms with E-state index in [-0.39, 0.29) is 12.2 Å². The van der Waals surface area contributed by atoms with Crippen molar-refractivity contribution in [3.8, 4) is 0 Å². The molecule has 0 amide bonds. The lowest BCUT2D eigenvalue weighted by Crippen LogP contribution is -2.23. The van der Waals surface area contributed by atoms with E-state index in [1.54, 1.807) is 16.3 Å². The van der Waals surface area contributed by atoms with Crippen LogP contribution in [-0.4, -0.2) is 36.6 Å². The second-order valence-corrected chi connectivity index (χ2v) is 6.43. The average Bonchev–Trinajstić information content (AvgIpc) is 2.99. The number of hydrogen-bond donors (Lipinski definition) is 1. The van der Waals surface area contributed by atoms with Gasteiger partial charge in [0, 0.05) is 18.9 Å². The zero-order valence-corrected chi connectivity index (χ0v) is 13.9. The largest absolute Gasteiger partial charge is 0.396 e. The van der Waals surface area contributed by atoms with E-state index in [1.807, 2.05) is 28.7 Å². The molecule has 3 rings (SSSR count). The number of rotatable bonds is 7. The molecule has 3 aromatic rings. The molecular formula is C16H20N4O2S. The van der Waals surface area contributed by atoms with Crippen LogP contribution in [-0.2, 0) is 6.54 Å². The molecule has 23 heavy (non-hydrogen) atoms. The van der Waals surface area contributed by atoms with Crippen molar-refractivity contribution in [1.82, 2.24) is 19.2 Å². The minimum Gasteiger partial charge on any atom is -0.396 e. The number of unbranched alkanes of at least 4 members (excludes halogenated alkanes) is 1. The van der Waals surface area contributed by atoms with Crippen molar-refractivity contribution < 1.29 is 5.11 Å². The summed E-state index contributed by atoms with van der Waals surface area (Å²) < 4.78 is 3.67. The van der Waals surface area contributed by atoms with Gasteiger partial charge in [0.25, 0.3) is 5.56 Å². The topological polar surface area (TPSA) is 72.4 Å². The Bertz CT molecular complexity index is 872. The van der Waals surface area contributed by atoms with Gasteiger partial charge in [0.15, 0.2) is 5.16 Å². The van der Waals surface area contributed by atoms with Crippen LogP contribution in [0.5, 0.6) is 0 Å². The van der Waals surface area contributed by atoms with Crippen LogP contribution in [0.2, 0.25) is 0 Å². The van der Waals surface area contributed by atoms with Crippen LogP contribution in [0.3, 0.4) is 0 Å². The molecule has 0 fully saturated rings. The van der Waals surface area contributed by atoms with Crippen LogP contribution < -0.4 is 5.56 Å². The fourth-order valence-electron chi connectivity index (χ4n) is 2.57. The van der Waals surface area contributed by atoms with Crippen LogP contribution in [0.15, 0.2) is 34.2 Å². The van der Waals surface area contributed by atoms with Gasteiger partial charge in [-0.2, -0.15) is 0 Å². The molecule has 0 atom stereocenters. The van der Waals surface area contributed by atoms with Gasteiger partial charge in [-0.05, 0) is 25.0 Å². The highest BCUT2D eigenvalue weighted by molar-refractivity contribution is 7.99. The van der Waals surface area contributed by atoms with Crippen molar-refractivity contribution in [3.05, 3.63) is 34.6 Å². The second-order valence-electron chi connectivity index (χ2n) is 5.37. The SMILES string of the molecule is CCCCn1c(=O)c2ccccc2n2c(SCCCO)nnc12. The molecule has 0 unspecified atom stereocenters. The minimum absolute atomic E-state index is 0.0131. The van der Waals surface area contributed by atoms with Crippen molar-refractivity contribution in [3.63, 3.8) is 0 Å². The fourth-order valence-corrected chi connectivity index (χ4v) is 3.44. The first-order chi connectivity index (χ1) is 11.3. The highest BCUT2D eigenvalue weighted by Gasteiger charge is 2.16. The molecule has 1 N–H and O–H groups in total. The summed E-state index contributed by atoms with van der Waals surface area (Å²) in [7, 11) is 0. The molecule has 0 aliphatic heterocycles. The lowest BCUT2D eigenvalue weighted by molar-refractivity contribution is 0.296. The number of hydrogen-bond acceptors (Lipinski definition) is 5. The van der Waals surface area contributed by atoms with Crippen molar-refractivity contribution in [1.29, 1.82) is 0 Å². The quantitative estimate of drug-likeness (QED) is 0.531. The molecule has 0 bridgehead atoms. The fraction of sp³-hybridized carbons (Fsp3) is 0.438. The van der Waals surface area contributed by atoms with E-state index in [2.05, 4.69) is 17.1 Å². The maximum absolute atomic E-state index is 12.8. The Kier molecular flexibility index (Phi) is 4.97. The molecule has 1 aromatic carbocycles. The van der Waals surface area contributed by atoms with E-state index < -0.39 is 0 Å². The molecule has 0 saturated heterocycles. The molecule has 7 heteroatoms. The summed E-state index contributed by atoms with van der Waals surface area (Å²) >= 11 is 1.55. The van der Waals surface area contributed by atoms with Gasteiger partial charge < -0.3 is 5.11 Å². The van der Waals surface area contributed by atoms with Gasteiger partial charge in [0.2, 0.25) is 5.78 Å². The molecule has 0 saturated carbocycles. The third-order valence-corrected chi connectivity index (χ3v) is 4.76. The van der Waals surface area contributed by atoms with E-state index >= 15 is 0 Å². The van der Waals surface area contributed by atoms with Crippen molar-refractivity contribution >= 4 is 28.4 Å². The maximum atomic E-state index is 12.8. The number of aliphatic hydroxyl groups excluding tert-OH is 1. The summed E-state index contributed by atoms with van der Waals surface area (Å²) in [6.45, 7) is 2.90. The highest BCUT2D eigenvalue weighted by Crippen LogP contribution is 2.22. The number of para-hydroxylation sites is 1. The number of aromatic nitrogens is 4. The smallest absolute Gasteiger partial charge is 0.262 e. The van der Waals surface area contributed by atoms with Gasteiger partial charge >= 0.3 is 0 Å². The average molecular weight is 332 g/mol.